The number of aliphatic hydroxyl groups is 1. The number of halogens is 1. The zero-order chi connectivity index (χ0) is 33.8. The van der Waals surface area contributed by atoms with Crippen molar-refractivity contribution in [3.63, 3.8) is 0 Å². The summed E-state index contributed by atoms with van der Waals surface area (Å²) in [5.41, 5.74) is 6.22. The maximum Gasteiger partial charge on any atom is 0.162 e. The molecule has 253 valence electrons. The number of carbonyl (C=O) groups excluding carboxylic acids is 1. The molecule has 7 heteroatoms. The summed E-state index contributed by atoms with van der Waals surface area (Å²) in [5, 5.41) is 12.7. The number of pyridine rings is 1. The number of aryl methyl sites for hydroxylation is 3. The quantitative estimate of drug-likeness (QED) is 0.0895. The van der Waals surface area contributed by atoms with E-state index in [2.05, 4.69) is 30.1 Å². The minimum atomic E-state index is -0.249. The van der Waals surface area contributed by atoms with Crippen molar-refractivity contribution in [3.05, 3.63) is 101 Å². The van der Waals surface area contributed by atoms with Crippen molar-refractivity contribution in [2.45, 2.75) is 74.1 Å². The second-order valence-corrected chi connectivity index (χ2v) is 13.3. The molecule has 0 atom stereocenters. The van der Waals surface area contributed by atoms with E-state index in [0.717, 1.165) is 80.1 Å². The Morgan fingerprint density at radius 2 is 1.58 bits per heavy atom. The maximum atomic E-state index is 15.9. The van der Waals surface area contributed by atoms with E-state index in [9.17, 15) is 9.90 Å². The third kappa shape index (κ3) is 7.49. The third-order valence-electron chi connectivity index (χ3n) is 9.07. The Hall–Kier alpha value is -3.64. The number of para-hydroxylation sites is 1. The Labute approximate surface area is 300 Å². The Morgan fingerprint density at radius 1 is 0.917 bits per heavy atom. The van der Waals surface area contributed by atoms with Crippen LogP contribution in [0.25, 0.3) is 53.7 Å². The summed E-state index contributed by atoms with van der Waals surface area (Å²) in [4.78, 5) is 16.4. The van der Waals surface area contributed by atoms with Crippen molar-refractivity contribution < 1.29 is 38.8 Å². The zero-order valence-corrected chi connectivity index (χ0v) is 31.9. The van der Waals surface area contributed by atoms with Crippen molar-refractivity contribution in [2.24, 2.45) is 11.8 Å². The Kier molecular flexibility index (Phi) is 12.5. The van der Waals surface area contributed by atoms with Crippen molar-refractivity contribution in [3.8, 4) is 22.6 Å². The zero-order valence-electron chi connectivity index (χ0n) is 28.7. The van der Waals surface area contributed by atoms with Crippen LogP contribution in [0.1, 0.15) is 70.1 Å². The monoisotopic (exact) mass is 841 g/mol. The minimum absolute atomic E-state index is 0. The molecule has 0 aliphatic rings. The van der Waals surface area contributed by atoms with Gasteiger partial charge in [-0.3, -0.25) is 4.79 Å². The van der Waals surface area contributed by atoms with Crippen LogP contribution in [0.3, 0.4) is 0 Å². The molecule has 0 aliphatic heterocycles. The SMILES string of the molecule is CCC(CC)C(=O)/C=C(\O)C(CC)CC.Cc1[c-]c(-c2nccc3c2sc2c(F)c(-c4oc5ccccc5c4C)ccc23)cc(C)c1.[Ir]. The first-order chi connectivity index (χ1) is 22.6. The molecular weight excluding hydrogens is 798 g/mol. The molecule has 0 fully saturated rings. The fraction of sp³-hybridized carbons (Fsp3) is 0.317. The van der Waals surface area contributed by atoms with Gasteiger partial charge in [-0.05, 0) is 56.2 Å². The van der Waals surface area contributed by atoms with Crippen LogP contribution < -0.4 is 0 Å². The van der Waals surface area contributed by atoms with Gasteiger partial charge in [0.2, 0.25) is 0 Å². The van der Waals surface area contributed by atoms with E-state index >= 15 is 4.39 Å². The molecule has 4 nitrogen and oxygen atoms in total. The number of fused-ring (bicyclic) bond motifs is 4. The molecule has 0 spiro atoms. The summed E-state index contributed by atoms with van der Waals surface area (Å²) in [5.74, 6) is 0.886. The standard InChI is InChI=1S/C28H19FNOS.C13H24O2.Ir/c1-15-12-16(2)14-18(13-15)25-28-21(10-11-30-25)20-8-9-22(24(29)27(20)32-28)26-17(3)19-6-4-5-7-23(19)31-26;1-5-10(6-2)12(14)9-13(15)11(7-3)8-4;/h4-13H,1-3H3;9-11,14H,5-8H2,1-4H3;/q-1;;/b;12-9-;. The number of benzene rings is 3. The van der Waals surface area contributed by atoms with E-state index in [-0.39, 0.29) is 49.3 Å². The van der Waals surface area contributed by atoms with E-state index in [1.165, 1.54) is 17.4 Å². The summed E-state index contributed by atoms with van der Waals surface area (Å²) in [6.07, 6.45) is 6.70. The first-order valence-electron chi connectivity index (χ1n) is 16.5. The molecule has 0 aliphatic carbocycles. The average molecular weight is 841 g/mol. The molecule has 3 heterocycles. The molecule has 0 saturated carbocycles. The van der Waals surface area contributed by atoms with E-state index in [1.54, 1.807) is 6.20 Å². The fourth-order valence-corrected chi connectivity index (χ4v) is 7.57. The number of rotatable bonds is 9. The first-order valence-corrected chi connectivity index (χ1v) is 17.4. The molecule has 0 amide bonds. The number of aliphatic hydroxyl groups excluding tert-OH is 1. The Bertz CT molecular complexity index is 2060. The summed E-state index contributed by atoms with van der Waals surface area (Å²) in [7, 11) is 0. The van der Waals surface area contributed by atoms with Gasteiger partial charge in [-0.15, -0.1) is 46.2 Å². The molecular formula is C41H43FIrNO3S-. The largest absolute Gasteiger partial charge is 0.512 e. The van der Waals surface area contributed by atoms with Crippen LogP contribution in [0.4, 0.5) is 4.39 Å². The smallest absolute Gasteiger partial charge is 0.162 e. The van der Waals surface area contributed by atoms with Crippen LogP contribution in [0.5, 0.6) is 0 Å². The second kappa shape index (κ2) is 16.2. The molecule has 48 heavy (non-hydrogen) atoms. The van der Waals surface area contributed by atoms with Gasteiger partial charge in [-0.25, -0.2) is 4.39 Å². The van der Waals surface area contributed by atoms with Gasteiger partial charge in [-0.1, -0.05) is 65.8 Å². The normalized spacial score (nSPS) is 11.8. The predicted molar refractivity (Wildman–Crippen MR) is 195 cm³/mol. The van der Waals surface area contributed by atoms with Crippen LogP contribution in [-0.4, -0.2) is 15.9 Å². The van der Waals surface area contributed by atoms with E-state index < -0.39 is 0 Å². The number of carbonyl (C=O) groups is 1. The molecule has 6 rings (SSSR count). The molecule has 1 radical (unpaired) electrons. The van der Waals surface area contributed by atoms with Crippen molar-refractivity contribution in [2.75, 3.05) is 0 Å². The van der Waals surface area contributed by atoms with Gasteiger partial charge in [-0.2, -0.15) is 0 Å². The van der Waals surface area contributed by atoms with Gasteiger partial charge in [0.25, 0.3) is 0 Å². The summed E-state index contributed by atoms with van der Waals surface area (Å²) < 4.78 is 23.5. The topological polar surface area (TPSA) is 63.3 Å². The number of hydrogen-bond acceptors (Lipinski definition) is 5. The van der Waals surface area contributed by atoms with E-state index in [0.29, 0.717) is 16.0 Å². The van der Waals surface area contributed by atoms with E-state index in [4.69, 9.17) is 4.42 Å². The van der Waals surface area contributed by atoms with Crippen molar-refractivity contribution >= 4 is 48.3 Å². The van der Waals surface area contributed by atoms with Gasteiger partial charge >= 0.3 is 0 Å². The van der Waals surface area contributed by atoms with Gasteiger partial charge in [0.1, 0.15) is 11.3 Å². The molecule has 3 aromatic carbocycles. The number of allylic oxidation sites excluding steroid dienone is 2. The predicted octanol–water partition coefficient (Wildman–Crippen LogP) is 12.3. The Balaban J connectivity index is 0.000000279. The van der Waals surface area contributed by atoms with Gasteiger partial charge in [0.05, 0.1) is 16.0 Å². The number of thiophene rings is 1. The number of aromatic nitrogens is 1. The molecule has 0 saturated heterocycles. The summed E-state index contributed by atoms with van der Waals surface area (Å²) in [6, 6.07) is 21.2. The molecule has 3 aromatic heterocycles. The average Bonchev–Trinajstić information content (AvgIpc) is 3.60. The fourth-order valence-electron chi connectivity index (χ4n) is 6.33. The van der Waals surface area contributed by atoms with Crippen molar-refractivity contribution in [1.29, 1.82) is 0 Å². The van der Waals surface area contributed by atoms with Crippen LogP contribution in [-0.2, 0) is 24.9 Å². The van der Waals surface area contributed by atoms with Gasteiger partial charge < -0.3 is 14.5 Å². The Morgan fingerprint density at radius 3 is 2.23 bits per heavy atom. The van der Waals surface area contributed by atoms with Gasteiger partial charge in [0.15, 0.2) is 11.6 Å². The molecule has 1 N–H and O–H groups in total. The molecule has 6 aromatic rings. The molecule has 0 bridgehead atoms. The number of furan rings is 1. The number of nitrogens with zero attached hydrogens (tertiary/aromatic N) is 1. The van der Waals surface area contributed by atoms with Crippen LogP contribution in [0, 0.1) is 44.5 Å². The minimum Gasteiger partial charge on any atom is -0.512 e. The van der Waals surface area contributed by atoms with Crippen molar-refractivity contribution in [1.82, 2.24) is 4.98 Å². The van der Waals surface area contributed by atoms with Crippen LogP contribution in [0.2, 0.25) is 0 Å². The maximum absolute atomic E-state index is 15.9. The number of hydrogen-bond donors (Lipinski definition) is 1. The van der Waals surface area contributed by atoms with Crippen LogP contribution >= 0.6 is 11.3 Å². The second-order valence-electron chi connectivity index (χ2n) is 12.2. The first kappa shape index (κ1) is 37.2. The van der Waals surface area contributed by atoms with Gasteiger partial charge in [0, 0.05) is 70.9 Å². The van der Waals surface area contributed by atoms with Crippen LogP contribution in [0.15, 0.2) is 77.0 Å². The summed E-state index contributed by atoms with van der Waals surface area (Å²) in [6.45, 7) is 14.1. The third-order valence-corrected chi connectivity index (χ3v) is 10.3. The van der Waals surface area contributed by atoms with E-state index in [1.807, 2.05) is 84.0 Å². The number of ketones is 1. The summed E-state index contributed by atoms with van der Waals surface area (Å²) >= 11 is 1.44. The molecule has 0 unspecified atom stereocenters.